The van der Waals surface area contributed by atoms with Crippen LogP contribution < -0.4 is 20.1 Å². The number of aryl methyl sites for hydroxylation is 1. The summed E-state index contributed by atoms with van der Waals surface area (Å²) in [5.74, 6) is 2.61. The number of aromatic nitrogens is 3. The van der Waals surface area contributed by atoms with Crippen LogP contribution in [0.5, 0.6) is 11.6 Å². The summed E-state index contributed by atoms with van der Waals surface area (Å²) in [7, 11) is -4.00. The van der Waals surface area contributed by atoms with Crippen LogP contribution in [0.4, 0.5) is 16.0 Å². The van der Waals surface area contributed by atoms with E-state index in [0.717, 1.165) is 31.5 Å². The van der Waals surface area contributed by atoms with Gasteiger partial charge in [0, 0.05) is 41.3 Å². The fourth-order valence-corrected chi connectivity index (χ4v) is 6.57. The number of anilines is 2. The van der Waals surface area contributed by atoms with Crippen molar-refractivity contribution in [2.45, 2.75) is 31.6 Å². The second kappa shape index (κ2) is 12.9. The van der Waals surface area contributed by atoms with Gasteiger partial charge in [0.15, 0.2) is 0 Å². The number of sulfonamides is 1. The van der Waals surface area contributed by atoms with Crippen molar-refractivity contribution in [2.75, 3.05) is 23.1 Å². The average molecular weight is 623 g/mol. The molecule has 0 radical (unpaired) electrons. The molecular weight excluding hydrogens is 591 g/mol. The number of benzene rings is 3. The third-order valence-corrected chi connectivity index (χ3v) is 8.77. The van der Waals surface area contributed by atoms with Gasteiger partial charge in [0.1, 0.15) is 11.6 Å². The zero-order valence-electron chi connectivity index (χ0n) is 24.5. The van der Waals surface area contributed by atoms with Crippen LogP contribution in [0, 0.1) is 25.1 Å². The van der Waals surface area contributed by atoms with E-state index in [2.05, 4.69) is 31.2 Å². The first-order chi connectivity index (χ1) is 21.8. The summed E-state index contributed by atoms with van der Waals surface area (Å²) in [5, 5.41) is 7.62. The summed E-state index contributed by atoms with van der Waals surface area (Å²) in [6, 6.07) is 18.5. The SMILES string of the molecule is C#Cc1cccc(CS(=O)(=O)Nc2c(F)ccc3c(Oc4ncccc4-c4ccnc(N[C@H]5CCCNC5)n4)c(C)ccc23)c1. The maximum absolute atomic E-state index is 15.2. The summed E-state index contributed by atoms with van der Waals surface area (Å²) in [6.45, 7) is 3.70. The lowest BCUT2D eigenvalue weighted by molar-refractivity contribution is 0.466. The molecule has 3 heterocycles. The van der Waals surface area contributed by atoms with E-state index in [-0.39, 0.29) is 23.4 Å². The Morgan fingerprint density at radius 1 is 1.07 bits per heavy atom. The van der Waals surface area contributed by atoms with Gasteiger partial charge in [-0.15, -0.1) is 6.42 Å². The molecule has 6 rings (SSSR count). The fraction of sp³-hybridized carbons (Fsp3) is 0.206. The van der Waals surface area contributed by atoms with Crippen LogP contribution in [-0.2, 0) is 15.8 Å². The average Bonchev–Trinajstić information content (AvgIpc) is 3.04. The number of pyridine rings is 1. The molecule has 2 aromatic heterocycles. The van der Waals surface area contributed by atoms with E-state index in [1.54, 1.807) is 67.0 Å². The number of nitrogens with zero attached hydrogens (tertiary/aromatic N) is 3. The van der Waals surface area contributed by atoms with Crippen LogP contribution in [0.25, 0.3) is 22.0 Å². The Bertz CT molecular complexity index is 2020. The summed E-state index contributed by atoms with van der Waals surface area (Å²) < 4.78 is 50.4. The lowest BCUT2D eigenvalue weighted by atomic mass is 10.0. The van der Waals surface area contributed by atoms with Crippen molar-refractivity contribution in [3.63, 3.8) is 0 Å². The normalized spacial score (nSPS) is 14.9. The number of hydrogen-bond acceptors (Lipinski definition) is 8. The smallest absolute Gasteiger partial charge is 0.237 e. The Kier molecular flexibility index (Phi) is 8.60. The number of ether oxygens (including phenoxy) is 1. The molecule has 0 bridgehead atoms. The number of fused-ring (bicyclic) bond motifs is 1. The topological polar surface area (TPSA) is 118 Å². The van der Waals surface area contributed by atoms with Crippen LogP contribution in [0.2, 0.25) is 0 Å². The molecule has 3 N–H and O–H groups in total. The minimum Gasteiger partial charge on any atom is -0.437 e. The molecule has 1 atom stereocenters. The van der Waals surface area contributed by atoms with Crippen molar-refractivity contribution in [1.82, 2.24) is 20.3 Å². The highest BCUT2D eigenvalue weighted by molar-refractivity contribution is 7.91. The highest BCUT2D eigenvalue weighted by Gasteiger charge is 2.21. The molecule has 0 amide bonds. The predicted octanol–water partition coefficient (Wildman–Crippen LogP) is 6.02. The summed E-state index contributed by atoms with van der Waals surface area (Å²) in [6.07, 6.45) is 10.9. The lowest BCUT2D eigenvalue weighted by Crippen LogP contribution is -2.38. The summed E-state index contributed by atoms with van der Waals surface area (Å²) in [5.41, 5.74) is 2.88. The van der Waals surface area contributed by atoms with Gasteiger partial charge in [-0.25, -0.2) is 27.8 Å². The largest absolute Gasteiger partial charge is 0.437 e. The van der Waals surface area contributed by atoms with Crippen LogP contribution >= 0.6 is 0 Å². The number of halogens is 1. The molecule has 45 heavy (non-hydrogen) atoms. The fourth-order valence-electron chi connectivity index (χ4n) is 5.36. The van der Waals surface area contributed by atoms with Crippen LogP contribution in [0.1, 0.15) is 29.5 Å². The molecule has 0 unspecified atom stereocenters. The van der Waals surface area contributed by atoms with Gasteiger partial charge in [0.25, 0.3) is 0 Å². The predicted molar refractivity (Wildman–Crippen MR) is 174 cm³/mol. The van der Waals surface area contributed by atoms with E-state index in [1.165, 1.54) is 6.07 Å². The summed E-state index contributed by atoms with van der Waals surface area (Å²) >= 11 is 0. The molecule has 228 valence electrons. The van der Waals surface area contributed by atoms with E-state index in [9.17, 15) is 8.42 Å². The molecule has 1 aliphatic heterocycles. The van der Waals surface area contributed by atoms with Gasteiger partial charge in [0.05, 0.1) is 22.7 Å². The second-order valence-electron chi connectivity index (χ2n) is 10.8. The van der Waals surface area contributed by atoms with Crippen molar-refractivity contribution in [2.24, 2.45) is 0 Å². The minimum atomic E-state index is -4.00. The third-order valence-electron chi connectivity index (χ3n) is 7.54. The van der Waals surface area contributed by atoms with Gasteiger partial charge in [0.2, 0.25) is 21.9 Å². The highest BCUT2D eigenvalue weighted by atomic mass is 32.2. The van der Waals surface area contributed by atoms with Crippen molar-refractivity contribution >= 4 is 32.4 Å². The van der Waals surface area contributed by atoms with Gasteiger partial charge in [-0.2, -0.15) is 0 Å². The van der Waals surface area contributed by atoms with Gasteiger partial charge >= 0.3 is 0 Å². The molecule has 0 aliphatic carbocycles. The van der Waals surface area contributed by atoms with Crippen molar-refractivity contribution in [1.29, 1.82) is 0 Å². The van der Waals surface area contributed by atoms with Gasteiger partial charge in [-0.1, -0.05) is 30.2 Å². The van der Waals surface area contributed by atoms with Gasteiger partial charge < -0.3 is 15.4 Å². The Morgan fingerprint density at radius 2 is 1.93 bits per heavy atom. The van der Waals surface area contributed by atoms with E-state index in [1.807, 2.05) is 13.0 Å². The molecular formula is C34H31FN6O3S. The second-order valence-corrected chi connectivity index (χ2v) is 12.6. The van der Waals surface area contributed by atoms with Crippen molar-refractivity contribution in [3.05, 3.63) is 102 Å². The molecule has 1 aliphatic rings. The molecule has 1 saturated heterocycles. The van der Waals surface area contributed by atoms with E-state index >= 15 is 4.39 Å². The molecule has 5 aromatic rings. The van der Waals surface area contributed by atoms with E-state index in [0.29, 0.717) is 44.9 Å². The zero-order valence-corrected chi connectivity index (χ0v) is 25.4. The van der Waals surface area contributed by atoms with E-state index in [4.69, 9.17) is 16.1 Å². The van der Waals surface area contributed by atoms with Crippen molar-refractivity contribution < 1.29 is 17.5 Å². The van der Waals surface area contributed by atoms with Crippen LogP contribution in [0.15, 0.2) is 79.1 Å². The number of rotatable bonds is 9. The zero-order chi connectivity index (χ0) is 31.4. The Balaban J connectivity index is 1.32. The first kappa shape index (κ1) is 30.0. The standard InChI is InChI=1S/C34H31FN6O3S/c1-3-23-7-4-8-24(19-23)21-45(42,43)41-31-26-12-11-22(2)32(27(26)13-14-29(31)35)44-33-28(10-6-17-37-33)30-15-18-38-34(40-30)39-25-9-5-16-36-20-25/h1,4,6-8,10-15,17-19,25,36,41H,5,9,16,20-21H2,2H3,(H,38,39,40)/t25-/m0/s1. The van der Waals surface area contributed by atoms with Gasteiger partial charge in [-0.3, -0.25) is 4.72 Å². The quantitative estimate of drug-likeness (QED) is 0.171. The molecule has 0 spiro atoms. The van der Waals surface area contributed by atoms with Crippen LogP contribution in [-0.4, -0.2) is 42.5 Å². The molecule has 9 nitrogen and oxygen atoms in total. The highest BCUT2D eigenvalue weighted by Crippen LogP contribution is 2.39. The number of hydrogen-bond donors (Lipinski definition) is 3. The maximum Gasteiger partial charge on any atom is 0.237 e. The monoisotopic (exact) mass is 622 g/mol. The Labute approximate surface area is 261 Å². The first-order valence-electron chi connectivity index (χ1n) is 14.5. The number of terminal acetylenes is 1. The maximum atomic E-state index is 15.2. The Hall–Kier alpha value is -5.05. The molecule has 1 fully saturated rings. The Morgan fingerprint density at radius 3 is 2.76 bits per heavy atom. The number of piperidine rings is 1. The minimum absolute atomic E-state index is 0.171. The lowest BCUT2D eigenvalue weighted by Gasteiger charge is -2.23. The first-order valence-corrected chi connectivity index (χ1v) is 16.2. The summed E-state index contributed by atoms with van der Waals surface area (Å²) in [4.78, 5) is 13.6. The number of nitrogens with one attached hydrogen (secondary N) is 3. The van der Waals surface area contributed by atoms with Crippen LogP contribution in [0.3, 0.4) is 0 Å². The van der Waals surface area contributed by atoms with E-state index < -0.39 is 15.8 Å². The van der Waals surface area contributed by atoms with Gasteiger partial charge in [-0.05, 0) is 79.9 Å². The third kappa shape index (κ3) is 6.87. The van der Waals surface area contributed by atoms with Crippen molar-refractivity contribution in [3.8, 4) is 35.2 Å². The molecule has 11 heteroatoms. The molecule has 0 saturated carbocycles. The molecule has 3 aromatic carbocycles.